The summed E-state index contributed by atoms with van der Waals surface area (Å²) in [5, 5.41) is 2.66. The maximum atomic E-state index is 12.5. The van der Waals surface area contributed by atoms with E-state index in [4.69, 9.17) is 18.9 Å². The predicted molar refractivity (Wildman–Crippen MR) is 85.1 cm³/mol. The van der Waals surface area contributed by atoms with Crippen LogP contribution in [0.5, 0.6) is 23.0 Å². The maximum absolute atomic E-state index is 12.5. The number of ether oxygens (including phenoxy) is 4. The molecule has 1 heterocycles. The lowest BCUT2D eigenvalue weighted by molar-refractivity contribution is -0.118. The first kappa shape index (κ1) is 15.7. The lowest BCUT2D eigenvalue weighted by Crippen LogP contribution is -2.25. The molecule has 7 heteroatoms. The smallest absolute Gasteiger partial charge is 0.351 e. The number of nitrogens with one attached hydrogen (secondary N) is 1. The molecule has 0 saturated carbocycles. The normalized spacial score (nSPS) is 12.5. The van der Waals surface area contributed by atoms with Gasteiger partial charge in [0.1, 0.15) is 28.6 Å². The van der Waals surface area contributed by atoms with Gasteiger partial charge in [0.2, 0.25) is 0 Å². The molecule has 1 aliphatic heterocycles. The Morgan fingerprint density at radius 1 is 1.12 bits per heavy atom. The second-order valence-electron chi connectivity index (χ2n) is 4.92. The molecule has 1 amide bonds. The highest BCUT2D eigenvalue weighted by Gasteiger charge is 2.22. The summed E-state index contributed by atoms with van der Waals surface area (Å²) in [6.45, 7) is -0.0786. The fourth-order valence-electron chi connectivity index (χ4n) is 2.33. The molecule has 0 radical (unpaired) electrons. The van der Waals surface area contributed by atoms with E-state index in [2.05, 4.69) is 5.32 Å². The van der Waals surface area contributed by atoms with Gasteiger partial charge in [-0.2, -0.15) is 0 Å². The third-order valence-corrected chi connectivity index (χ3v) is 3.43. The molecule has 24 heavy (non-hydrogen) atoms. The SMILES string of the molecule is COc1cccc(OC)c1C(=O)Oc1ccc2c(c1)OCC(=O)N2. The van der Waals surface area contributed by atoms with Crippen molar-refractivity contribution >= 4 is 17.6 Å². The number of amides is 1. The summed E-state index contributed by atoms with van der Waals surface area (Å²) in [7, 11) is 2.92. The second kappa shape index (κ2) is 6.49. The largest absolute Gasteiger partial charge is 0.496 e. The highest BCUT2D eigenvalue weighted by molar-refractivity contribution is 5.98. The van der Waals surface area contributed by atoms with Crippen molar-refractivity contribution in [2.24, 2.45) is 0 Å². The van der Waals surface area contributed by atoms with Gasteiger partial charge in [0, 0.05) is 6.07 Å². The monoisotopic (exact) mass is 329 g/mol. The minimum atomic E-state index is -0.621. The summed E-state index contributed by atoms with van der Waals surface area (Å²) in [6.07, 6.45) is 0. The molecule has 0 saturated heterocycles. The average Bonchev–Trinajstić information content (AvgIpc) is 2.60. The van der Waals surface area contributed by atoms with Crippen LogP contribution in [0.2, 0.25) is 0 Å². The van der Waals surface area contributed by atoms with E-state index in [1.165, 1.54) is 20.3 Å². The molecule has 2 aromatic rings. The van der Waals surface area contributed by atoms with E-state index in [9.17, 15) is 9.59 Å². The lowest BCUT2D eigenvalue weighted by Gasteiger charge is -2.18. The molecule has 0 aliphatic carbocycles. The van der Waals surface area contributed by atoms with Gasteiger partial charge in [-0.1, -0.05) is 6.07 Å². The van der Waals surface area contributed by atoms with Crippen molar-refractivity contribution in [1.82, 2.24) is 0 Å². The Balaban J connectivity index is 1.87. The lowest BCUT2D eigenvalue weighted by atomic mass is 10.1. The Morgan fingerprint density at radius 2 is 1.83 bits per heavy atom. The van der Waals surface area contributed by atoms with Gasteiger partial charge in [-0.05, 0) is 24.3 Å². The average molecular weight is 329 g/mol. The molecular formula is C17H15NO6. The third kappa shape index (κ3) is 2.96. The molecule has 2 aromatic carbocycles. The number of carbonyl (C=O) groups is 2. The first-order valence-electron chi connectivity index (χ1n) is 7.12. The molecule has 124 valence electrons. The highest BCUT2D eigenvalue weighted by atomic mass is 16.5. The van der Waals surface area contributed by atoms with E-state index in [0.717, 1.165) is 0 Å². The highest BCUT2D eigenvalue weighted by Crippen LogP contribution is 2.33. The molecule has 7 nitrogen and oxygen atoms in total. The summed E-state index contributed by atoms with van der Waals surface area (Å²) in [4.78, 5) is 23.8. The number of fused-ring (bicyclic) bond motifs is 1. The van der Waals surface area contributed by atoms with E-state index in [1.54, 1.807) is 30.3 Å². The van der Waals surface area contributed by atoms with E-state index in [-0.39, 0.29) is 23.8 Å². The van der Waals surface area contributed by atoms with Gasteiger partial charge in [-0.3, -0.25) is 4.79 Å². The molecule has 0 spiro atoms. The molecule has 0 atom stereocenters. The second-order valence-corrected chi connectivity index (χ2v) is 4.92. The number of esters is 1. The summed E-state index contributed by atoms with van der Waals surface area (Å²) in [5.41, 5.74) is 0.718. The van der Waals surface area contributed by atoms with Gasteiger partial charge in [-0.25, -0.2) is 4.79 Å². The number of benzene rings is 2. The van der Waals surface area contributed by atoms with Gasteiger partial charge in [0.15, 0.2) is 6.61 Å². The van der Waals surface area contributed by atoms with Gasteiger partial charge >= 0.3 is 5.97 Å². The van der Waals surface area contributed by atoms with Crippen molar-refractivity contribution in [3.05, 3.63) is 42.0 Å². The fourth-order valence-corrected chi connectivity index (χ4v) is 2.33. The van der Waals surface area contributed by atoms with Gasteiger partial charge in [-0.15, -0.1) is 0 Å². The van der Waals surface area contributed by atoms with E-state index < -0.39 is 5.97 Å². The van der Waals surface area contributed by atoms with E-state index >= 15 is 0 Å². The molecule has 3 rings (SSSR count). The number of methoxy groups -OCH3 is 2. The molecule has 0 fully saturated rings. The summed E-state index contributed by atoms with van der Waals surface area (Å²) >= 11 is 0. The zero-order chi connectivity index (χ0) is 17.1. The Kier molecular flexibility index (Phi) is 4.24. The van der Waals surface area contributed by atoms with Crippen LogP contribution in [0.4, 0.5) is 5.69 Å². The van der Waals surface area contributed by atoms with E-state index in [1.807, 2.05) is 0 Å². The Labute approximate surface area is 138 Å². The van der Waals surface area contributed by atoms with Crippen LogP contribution in [0.25, 0.3) is 0 Å². The fraction of sp³-hybridized carbons (Fsp3) is 0.176. The Bertz CT molecular complexity index is 779. The third-order valence-electron chi connectivity index (χ3n) is 3.43. The van der Waals surface area contributed by atoms with Crippen molar-refractivity contribution in [1.29, 1.82) is 0 Å². The van der Waals surface area contributed by atoms with Gasteiger partial charge in [0.25, 0.3) is 5.91 Å². The molecule has 1 aliphatic rings. The van der Waals surface area contributed by atoms with Crippen LogP contribution < -0.4 is 24.3 Å². The van der Waals surface area contributed by atoms with Gasteiger partial charge < -0.3 is 24.3 Å². The number of rotatable bonds is 4. The molecule has 1 N–H and O–H groups in total. The maximum Gasteiger partial charge on any atom is 0.351 e. The number of anilines is 1. The van der Waals surface area contributed by atoms with Crippen molar-refractivity contribution in [3.8, 4) is 23.0 Å². The van der Waals surface area contributed by atoms with Crippen molar-refractivity contribution in [3.63, 3.8) is 0 Å². The standard InChI is InChI=1S/C17H15NO6/c1-21-12-4-3-5-13(22-2)16(12)17(20)24-10-6-7-11-14(8-10)23-9-15(19)18-11/h3-8H,9H2,1-2H3,(H,18,19). The molecule has 0 aromatic heterocycles. The number of carbonyl (C=O) groups excluding carboxylic acids is 2. The summed E-state index contributed by atoms with van der Waals surface area (Å²) < 4.78 is 21.1. The summed E-state index contributed by atoms with van der Waals surface area (Å²) in [5.74, 6) is 0.562. The molecule has 0 unspecified atom stereocenters. The van der Waals surface area contributed by atoms with Crippen LogP contribution in [0.3, 0.4) is 0 Å². The summed E-state index contributed by atoms with van der Waals surface area (Å²) in [6, 6.07) is 9.70. The van der Waals surface area contributed by atoms with Crippen LogP contribution in [-0.2, 0) is 4.79 Å². The quantitative estimate of drug-likeness (QED) is 0.684. The van der Waals surface area contributed by atoms with Crippen LogP contribution >= 0.6 is 0 Å². The minimum absolute atomic E-state index is 0.0786. The minimum Gasteiger partial charge on any atom is -0.496 e. The van der Waals surface area contributed by atoms with Crippen LogP contribution in [0.1, 0.15) is 10.4 Å². The number of hydrogen-bond donors (Lipinski definition) is 1. The van der Waals surface area contributed by atoms with Crippen LogP contribution in [-0.4, -0.2) is 32.7 Å². The zero-order valence-electron chi connectivity index (χ0n) is 13.1. The zero-order valence-corrected chi connectivity index (χ0v) is 13.1. The van der Waals surface area contributed by atoms with Crippen molar-refractivity contribution in [2.45, 2.75) is 0 Å². The first-order chi connectivity index (χ1) is 11.6. The molecule has 0 bridgehead atoms. The van der Waals surface area contributed by atoms with Crippen molar-refractivity contribution < 1.29 is 28.5 Å². The van der Waals surface area contributed by atoms with E-state index in [0.29, 0.717) is 22.9 Å². The van der Waals surface area contributed by atoms with Crippen LogP contribution in [0, 0.1) is 0 Å². The number of hydrogen-bond acceptors (Lipinski definition) is 6. The van der Waals surface area contributed by atoms with Crippen LogP contribution in [0.15, 0.2) is 36.4 Å². The Morgan fingerprint density at radius 3 is 2.50 bits per heavy atom. The molecular weight excluding hydrogens is 314 g/mol. The predicted octanol–water partition coefficient (Wildman–Crippen LogP) is 2.25. The first-order valence-corrected chi connectivity index (χ1v) is 7.12. The topological polar surface area (TPSA) is 83.1 Å². The van der Waals surface area contributed by atoms with Gasteiger partial charge in [0.05, 0.1) is 19.9 Å². The van der Waals surface area contributed by atoms with Crippen molar-refractivity contribution in [2.75, 3.05) is 26.1 Å². The Hall–Kier alpha value is -3.22.